The summed E-state index contributed by atoms with van der Waals surface area (Å²) in [5, 5.41) is 2.72. The third-order valence-corrected chi connectivity index (χ3v) is 5.37. The quantitative estimate of drug-likeness (QED) is 0.569. The molecule has 7 nitrogen and oxygen atoms in total. The number of amides is 3. The molecule has 0 saturated carbocycles. The molecule has 1 aliphatic heterocycles. The van der Waals surface area contributed by atoms with Gasteiger partial charge in [0.15, 0.2) is 0 Å². The third kappa shape index (κ3) is 4.82. The van der Waals surface area contributed by atoms with Crippen molar-refractivity contribution in [3.63, 3.8) is 0 Å². The molecular weight excluding hydrogens is 416 g/mol. The van der Waals surface area contributed by atoms with Crippen molar-refractivity contribution in [1.29, 1.82) is 0 Å². The molecule has 2 aromatic carbocycles. The minimum absolute atomic E-state index is 0.163. The minimum atomic E-state index is -0.348. The van der Waals surface area contributed by atoms with E-state index in [0.29, 0.717) is 29.1 Å². The Balaban J connectivity index is 1.71. The first kappa shape index (κ1) is 22.0. The first-order valence-electron chi connectivity index (χ1n) is 10.6. The number of aromatic nitrogens is 1. The highest BCUT2D eigenvalue weighted by molar-refractivity contribution is 6.35. The van der Waals surface area contributed by atoms with Crippen LogP contribution in [0.3, 0.4) is 0 Å². The van der Waals surface area contributed by atoms with Crippen LogP contribution in [0.1, 0.15) is 23.6 Å². The zero-order valence-corrected chi connectivity index (χ0v) is 18.5. The minimum Gasteiger partial charge on any atom is -0.365 e. The summed E-state index contributed by atoms with van der Waals surface area (Å²) < 4.78 is 0. The van der Waals surface area contributed by atoms with E-state index >= 15 is 0 Å². The maximum Gasteiger partial charge on any atom is 0.278 e. The van der Waals surface area contributed by atoms with Gasteiger partial charge in [-0.15, -0.1) is 0 Å². The number of anilines is 1. The molecule has 3 aromatic rings. The van der Waals surface area contributed by atoms with Crippen LogP contribution in [0.15, 0.2) is 84.8 Å². The number of carbonyl (C=O) groups is 3. The van der Waals surface area contributed by atoms with E-state index in [2.05, 4.69) is 10.3 Å². The van der Waals surface area contributed by atoms with Crippen LogP contribution in [0.5, 0.6) is 0 Å². The third-order valence-electron chi connectivity index (χ3n) is 5.37. The lowest BCUT2D eigenvalue weighted by Gasteiger charge is -2.21. The van der Waals surface area contributed by atoms with Crippen LogP contribution in [0.25, 0.3) is 5.57 Å². The molecule has 7 heteroatoms. The van der Waals surface area contributed by atoms with Crippen LogP contribution in [0.2, 0.25) is 0 Å². The Bertz CT molecular complexity index is 1210. The van der Waals surface area contributed by atoms with Gasteiger partial charge in [-0.05, 0) is 41.0 Å². The standard InChI is InChI=1S/C26H24N4O3/c1-18(31)28-22-10-8-21(9-11-22)23-24(29(2)16-19-6-4-3-5-7-19)26(33)30(25(23)32)17-20-12-14-27-15-13-20/h3-15H,16-17H2,1-2H3,(H,28,31). The van der Waals surface area contributed by atoms with Gasteiger partial charge in [-0.25, -0.2) is 0 Å². The van der Waals surface area contributed by atoms with Crippen LogP contribution >= 0.6 is 0 Å². The Morgan fingerprint density at radius 3 is 2.21 bits per heavy atom. The summed E-state index contributed by atoms with van der Waals surface area (Å²) in [6, 6.07) is 20.3. The van der Waals surface area contributed by atoms with Crippen LogP contribution in [-0.2, 0) is 27.5 Å². The number of nitrogens with zero attached hydrogens (tertiary/aromatic N) is 3. The molecule has 2 heterocycles. The summed E-state index contributed by atoms with van der Waals surface area (Å²) in [7, 11) is 1.81. The van der Waals surface area contributed by atoms with Gasteiger partial charge in [-0.2, -0.15) is 0 Å². The van der Waals surface area contributed by atoms with E-state index in [1.165, 1.54) is 11.8 Å². The Hall–Kier alpha value is -4.26. The number of imide groups is 1. The summed E-state index contributed by atoms with van der Waals surface area (Å²) in [4.78, 5) is 45.4. The molecule has 0 spiro atoms. The van der Waals surface area contributed by atoms with Crippen molar-refractivity contribution >= 4 is 29.0 Å². The summed E-state index contributed by atoms with van der Waals surface area (Å²) in [6.07, 6.45) is 3.27. The first-order chi connectivity index (χ1) is 15.9. The largest absolute Gasteiger partial charge is 0.365 e. The summed E-state index contributed by atoms with van der Waals surface area (Å²) >= 11 is 0. The van der Waals surface area contributed by atoms with Crippen molar-refractivity contribution in [3.8, 4) is 0 Å². The van der Waals surface area contributed by atoms with Gasteiger partial charge < -0.3 is 10.2 Å². The Morgan fingerprint density at radius 2 is 1.58 bits per heavy atom. The maximum atomic E-state index is 13.5. The number of hydrogen-bond acceptors (Lipinski definition) is 5. The van der Waals surface area contributed by atoms with E-state index in [4.69, 9.17) is 0 Å². The second kappa shape index (κ2) is 9.48. The maximum absolute atomic E-state index is 13.5. The van der Waals surface area contributed by atoms with E-state index in [1.807, 2.05) is 42.3 Å². The van der Waals surface area contributed by atoms with Crippen LogP contribution in [-0.4, -0.2) is 39.6 Å². The number of carbonyl (C=O) groups excluding carboxylic acids is 3. The summed E-state index contributed by atoms with van der Waals surface area (Å²) in [5.41, 5.74) is 3.79. The Morgan fingerprint density at radius 1 is 0.909 bits per heavy atom. The van der Waals surface area contributed by atoms with Gasteiger partial charge in [0.25, 0.3) is 11.8 Å². The molecule has 166 valence electrons. The summed E-state index contributed by atoms with van der Waals surface area (Å²) in [6.45, 7) is 2.07. The molecule has 0 aliphatic carbocycles. The number of nitrogens with one attached hydrogen (secondary N) is 1. The molecule has 0 fully saturated rings. The molecule has 0 bridgehead atoms. The summed E-state index contributed by atoms with van der Waals surface area (Å²) in [5.74, 6) is -0.865. The average Bonchev–Trinajstić information content (AvgIpc) is 3.05. The molecule has 0 radical (unpaired) electrons. The number of rotatable bonds is 7. The smallest absolute Gasteiger partial charge is 0.278 e. The Labute approximate surface area is 192 Å². The predicted molar refractivity (Wildman–Crippen MR) is 125 cm³/mol. The van der Waals surface area contributed by atoms with Crippen molar-refractivity contribution < 1.29 is 14.4 Å². The predicted octanol–water partition coefficient (Wildman–Crippen LogP) is 3.45. The molecular formula is C26H24N4O3. The van der Waals surface area contributed by atoms with E-state index in [0.717, 1.165) is 11.1 Å². The molecule has 1 aromatic heterocycles. The van der Waals surface area contributed by atoms with E-state index < -0.39 is 0 Å². The molecule has 1 aliphatic rings. The van der Waals surface area contributed by atoms with Crippen LogP contribution in [0.4, 0.5) is 5.69 Å². The number of likely N-dealkylation sites (N-methyl/N-ethyl adjacent to an activating group) is 1. The molecule has 0 saturated heterocycles. The van der Waals surface area contributed by atoms with Crippen molar-refractivity contribution in [3.05, 3.63) is 102 Å². The van der Waals surface area contributed by atoms with E-state index in [-0.39, 0.29) is 24.3 Å². The number of pyridine rings is 1. The van der Waals surface area contributed by atoms with Gasteiger partial charge in [0, 0.05) is 38.6 Å². The van der Waals surface area contributed by atoms with E-state index in [9.17, 15) is 14.4 Å². The lowest BCUT2D eigenvalue weighted by atomic mass is 10.0. The number of hydrogen-bond donors (Lipinski definition) is 1. The average molecular weight is 441 g/mol. The first-order valence-corrected chi connectivity index (χ1v) is 10.6. The van der Waals surface area contributed by atoms with Crippen LogP contribution < -0.4 is 5.32 Å². The highest BCUT2D eigenvalue weighted by Gasteiger charge is 2.40. The molecule has 33 heavy (non-hydrogen) atoms. The van der Waals surface area contributed by atoms with Gasteiger partial charge >= 0.3 is 0 Å². The lowest BCUT2D eigenvalue weighted by molar-refractivity contribution is -0.138. The second-order valence-corrected chi connectivity index (χ2v) is 7.88. The Kier molecular flexibility index (Phi) is 6.31. The van der Waals surface area contributed by atoms with Crippen molar-refractivity contribution in [1.82, 2.24) is 14.8 Å². The van der Waals surface area contributed by atoms with Crippen molar-refractivity contribution in [2.45, 2.75) is 20.0 Å². The SMILES string of the molecule is CC(=O)Nc1ccc(C2=C(N(C)Cc3ccccc3)C(=O)N(Cc3ccncc3)C2=O)cc1. The normalized spacial score (nSPS) is 13.5. The zero-order chi connectivity index (χ0) is 23.4. The highest BCUT2D eigenvalue weighted by Crippen LogP contribution is 2.33. The van der Waals surface area contributed by atoms with Gasteiger partial charge in [-0.1, -0.05) is 42.5 Å². The number of benzene rings is 2. The molecule has 0 unspecified atom stereocenters. The lowest BCUT2D eigenvalue weighted by Crippen LogP contribution is -2.33. The van der Waals surface area contributed by atoms with E-state index in [1.54, 1.807) is 48.8 Å². The fourth-order valence-corrected chi connectivity index (χ4v) is 3.85. The zero-order valence-electron chi connectivity index (χ0n) is 18.5. The molecule has 0 atom stereocenters. The van der Waals surface area contributed by atoms with Gasteiger partial charge in [0.1, 0.15) is 5.70 Å². The second-order valence-electron chi connectivity index (χ2n) is 7.88. The monoisotopic (exact) mass is 440 g/mol. The van der Waals surface area contributed by atoms with Crippen LogP contribution in [0, 0.1) is 0 Å². The fourth-order valence-electron chi connectivity index (χ4n) is 3.85. The molecule has 3 amide bonds. The van der Waals surface area contributed by atoms with Gasteiger partial charge in [-0.3, -0.25) is 24.3 Å². The molecule has 4 rings (SSSR count). The van der Waals surface area contributed by atoms with Gasteiger partial charge in [0.05, 0.1) is 12.1 Å². The van der Waals surface area contributed by atoms with Gasteiger partial charge in [0.2, 0.25) is 5.91 Å². The van der Waals surface area contributed by atoms with Crippen molar-refractivity contribution in [2.75, 3.05) is 12.4 Å². The van der Waals surface area contributed by atoms with Crippen molar-refractivity contribution in [2.24, 2.45) is 0 Å². The topological polar surface area (TPSA) is 82.6 Å². The highest BCUT2D eigenvalue weighted by atomic mass is 16.2. The fraction of sp³-hybridized carbons (Fsp3) is 0.154. The molecule has 1 N–H and O–H groups in total.